The number of aromatic hydroxyl groups is 1. The first-order valence-electron chi connectivity index (χ1n) is 11.0. The summed E-state index contributed by atoms with van der Waals surface area (Å²) in [4.78, 5) is 12.3. The second kappa shape index (κ2) is 12.1. The summed E-state index contributed by atoms with van der Waals surface area (Å²) in [5.74, 6) is 0.201. The van der Waals surface area contributed by atoms with E-state index in [1.807, 2.05) is 19.9 Å². The fourth-order valence-corrected chi connectivity index (χ4v) is 5.32. The van der Waals surface area contributed by atoms with Gasteiger partial charge in [-0.1, -0.05) is 58.0 Å². The molecule has 1 N–H and O–H groups in total. The number of carbonyl (C=O) groups is 1. The Kier molecular flexibility index (Phi) is 9.76. The van der Waals surface area contributed by atoms with Crippen LogP contribution in [0.25, 0.3) is 12.2 Å². The molecule has 0 unspecified atom stereocenters. The summed E-state index contributed by atoms with van der Waals surface area (Å²) in [6.45, 7) is 7.24. The topological polar surface area (TPSA) is 89.9 Å². The van der Waals surface area contributed by atoms with Gasteiger partial charge in [0.2, 0.25) is 14.7 Å². The van der Waals surface area contributed by atoms with E-state index in [0.717, 1.165) is 5.56 Å². The molecule has 0 saturated carbocycles. The molecule has 0 amide bonds. The highest BCUT2D eigenvalue weighted by molar-refractivity contribution is 7.59. The van der Waals surface area contributed by atoms with Crippen LogP contribution < -0.4 is 9.05 Å². The average Bonchev–Trinajstić information content (AvgIpc) is 2.83. The molecule has 2 rings (SSSR count). The van der Waals surface area contributed by atoms with Crippen LogP contribution in [0.15, 0.2) is 54.6 Å². The van der Waals surface area contributed by atoms with E-state index < -0.39 is 14.7 Å². The van der Waals surface area contributed by atoms with Crippen LogP contribution in [0.1, 0.15) is 38.8 Å². The van der Waals surface area contributed by atoms with E-state index in [4.69, 9.17) is 9.05 Å². The highest BCUT2D eigenvalue weighted by Crippen LogP contribution is 2.49. The largest absolute Gasteiger partial charge is 0.504 e. The highest BCUT2D eigenvalue weighted by atomic mass is 31.2. The Balaban J connectivity index is 2.12. The lowest BCUT2D eigenvalue weighted by Gasteiger charge is -2.17. The van der Waals surface area contributed by atoms with Crippen molar-refractivity contribution in [3.8, 4) is 17.2 Å². The number of rotatable bonds is 12. The quantitative estimate of drug-likeness (QED) is 0.253. The molecule has 0 aliphatic rings. The molecule has 8 heteroatoms. The van der Waals surface area contributed by atoms with Gasteiger partial charge >= 0.3 is 0 Å². The van der Waals surface area contributed by atoms with Gasteiger partial charge in [-0.25, -0.2) is 0 Å². The Morgan fingerprint density at radius 3 is 2.06 bits per heavy atom. The third-order valence-corrected chi connectivity index (χ3v) is 10.1. The van der Waals surface area contributed by atoms with Gasteiger partial charge in [-0.3, -0.25) is 13.9 Å². The molecule has 0 aliphatic heterocycles. The van der Waals surface area contributed by atoms with Crippen LogP contribution in [-0.2, 0) is 13.9 Å². The van der Waals surface area contributed by atoms with Gasteiger partial charge in [0, 0.05) is 30.2 Å². The monoisotopic (exact) mass is 490 g/mol. The third kappa shape index (κ3) is 7.77. The molecule has 6 nitrogen and oxygen atoms in total. The maximum Gasteiger partial charge on any atom is 0.247 e. The molecule has 0 atom stereocenters. The summed E-state index contributed by atoms with van der Waals surface area (Å²) in [5, 5.41) is 10.5. The number of para-hydroxylation sites is 1. The maximum atomic E-state index is 12.6. The van der Waals surface area contributed by atoms with Gasteiger partial charge in [0.05, 0.1) is 0 Å². The summed E-state index contributed by atoms with van der Waals surface area (Å²) in [6.07, 6.45) is 7.50. The number of ketones is 1. The van der Waals surface area contributed by atoms with Crippen molar-refractivity contribution < 1.29 is 28.1 Å². The standard InChI is InChI=1S/C25H32O6P2/c1-5-32(28,6-2)30-23-13-9-11-20(19-23)15-17-22(26)18-16-21-12-10-14-24(25(21)27)31-33(29,7-3)8-4/h9-19,27H,5-8H2,1-4H3/b17-15+,18-16+. The molecule has 2 aromatic rings. The van der Waals surface area contributed by atoms with Gasteiger partial charge in [0.1, 0.15) is 5.75 Å². The SMILES string of the molecule is CCP(=O)(CC)Oc1cccc(/C=C/C(=O)/C=C/c2cccc(OP(=O)(CC)CC)c2O)c1. The van der Waals surface area contributed by atoms with Crippen LogP contribution in [0.3, 0.4) is 0 Å². The Bertz CT molecular complexity index is 1100. The summed E-state index contributed by atoms with van der Waals surface area (Å²) in [7, 11) is -5.53. The predicted octanol–water partition coefficient (Wildman–Crippen LogP) is 7.08. The molecule has 0 aliphatic carbocycles. The molecule has 0 radical (unpaired) electrons. The summed E-state index contributed by atoms with van der Waals surface area (Å²) < 4.78 is 36.4. The van der Waals surface area contributed by atoms with Crippen molar-refractivity contribution in [2.24, 2.45) is 0 Å². The summed E-state index contributed by atoms with van der Waals surface area (Å²) in [6, 6.07) is 11.9. The number of benzene rings is 2. The van der Waals surface area contributed by atoms with Crippen LogP contribution in [0.2, 0.25) is 0 Å². The van der Waals surface area contributed by atoms with E-state index in [-0.39, 0.29) is 17.3 Å². The molecule has 178 valence electrons. The van der Waals surface area contributed by atoms with Crippen molar-refractivity contribution in [1.29, 1.82) is 0 Å². The van der Waals surface area contributed by atoms with Gasteiger partial charge in [-0.15, -0.1) is 0 Å². The molecule has 0 saturated heterocycles. The van der Waals surface area contributed by atoms with E-state index in [2.05, 4.69) is 0 Å². The Hall–Kier alpha value is -2.55. The van der Waals surface area contributed by atoms with Crippen molar-refractivity contribution in [1.82, 2.24) is 0 Å². The van der Waals surface area contributed by atoms with Gasteiger partial charge in [0.15, 0.2) is 17.3 Å². The van der Waals surface area contributed by atoms with Crippen molar-refractivity contribution in [2.75, 3.05) is 24.6 Å². The molecule has 2 aromatic carbocycles. The van der Waals surface area contributed by atoms with Crippen LogP contribution in [0.4, 0.5) is 0 Å². The first kappa shape index (κ1) is 26.7. The van der Waals surface area contributed by atoms with Crippen molar-refractivity contribution in [2.45, 2.75) is 27.7 Å². The number of hydrogen-bond acceptors (Lipinski definition) is 6. The average molecular weight is 490 g/mol. The highest BCUT2D eigenvalue weighted by Gasteiger charge is 2.21. The number of hydrogen-bond donors (Lipinski definition) is 1. The van der Waals surface area contributed by atoms with E-state index in [9.17, 15) is 19.0 Å². The second-order valence-corrected chi connectivity index (χ2v) is 13.6. The van der Waals surface area contributed by atoms with Gasteiger partial charge < -0.3 is 14.2 Å². The van der Waals surface area contributed by atoms with Gasteiger partial charge in [0.25, 0.3) is 0 Å². The Morgan fingerprint density at radius 2 is 1.42 bits per heavy atom. The number of allylic oxidation sites excluding steroid dienone is 2. The number of phenolic OH excluding ortho intramolecular Hbond substituents is 1. The minimum atomic E-state index is -2.84. The predicted molar refractivity (Wildman–Crippen MR) is 136 cm³/mol. The van der Waals surface area contributed by atoms with Crippen molar-refractivity contribution in [3.63, 3.8) is 0 Å². The Morgan fingerprint density at radius 1 is 0.848 bits per heavy atom. The van der Waals surface area contributed by atoms with E-state index in [0.29, 0.717) is 36.0 Å². The van der Waals surface area contributed by atoms with Crippen LogP contribution in [0, 0.1) is 0 Å². The normalized spacial score (nSPS) is 12.4. The van der Waals surface area contributed by atoms with Gasteiger partial charge in [-0.2, -0.15) is 0 Å². The minimum absolute atomic E-state index is 0.139. The molecule has 33 heavy (non-hydrogen) atoms. The maximum absolute atomic E-state index is 12.6. The van der Waals surface area contributed by atoms with Crippen molar-refractivity contribution >= 4 is 32.7 Å². The number of carbonyl (C=O) groups excluding carboxylic acids is 1. The van der Waals surface area contributed by atoms with E-state index in [1.165, 1.54) is 18.2 Å². The Labute approximate surface area is 196 Å². The van der Waals surface area contributed by atoms with Gasteiger partial charge in [-0.05, 0) is 42.0 Å². The van der Waals surface area contributed by atoms with E-state index >= 15 is 0 Å². The lowest BCUT2D eigenvalue weighted by atomic mass is 10.1. The molecule has 0 spiro atoms. The fraction of sp³-hybridized carbons (Fsp3) is 0.320. The van der Waals surface area contributed by atoms with E-state index in [1.54, 1.807) is 56.3 Å². The lowest BCUT2D eigenvalue weighted by molar-refractivity contribution is -0.110. The lowest BCUT2D eigenvalue weighted by Crippen LogP contribution is -1.98. The first-order chi connectivity index (χ1) is 15.7. The summed E-state index contributed by atoms with van der Waals surface area (Å²) >= 11 is 0. The molecule has 0 fully saturated rings. The zero-order chi connectivity index (χ0) is 24.5. The number of phenols is 1. The summed E-state index contributed by atoms with van der Waals surface area (Å²) in [5.41, 5.74) is 1.12. The zero-order valence-electron chi connectivity index (χ0n) is 19.6. The molecule has 0 bridgehead atoms. The molecular weight excluding hydrogens is 458 g/mol. The smallest absolute Gasteiger partial charge is 0.247 e. The molecule has 0 aromatic heterocycles. The zero-order valence-corrected chi connectivity index (χ0v) is 21.4. The fourth-order valence-electron chi connectivity index (χ4n) is 2.91. The minimum Gasteiger partial charge on any atom is -0.504 e. The third-order valence-electron chi connectivity index (χ3n) is 5.22. The first-order valence-corrected chi connectivity index (χ1v) is 15.0. The van der Waals surface area contributed by atoms with Crippen LogP contribution in [0.5, 0.6) is 17.2 Å². The molecule has 0 heterocycles. The molecular formula is C25H32O6P2. The van der Waals surface area contributed by atoms with Crippen LogP contribution >= 0.6 is 14.7 Å². The second-order valence-electron chi connectivity index (χ2n) is 7.41. The van der Waals surface area contributed by atoms with Crippen LogP contribution in [-0.4, -0.2) is 35.5 Å². The van der Waals surface area contributed by atoms with Crippen molar-refractivity contribution in [3.05, 3.63) is 65.7 Å².